The number of benzene rings is 2. The molecule has 0 radical (unpaired) electrons. The lowest BCUT2D eigenvalue weighted by Crippen LogP contribution is -2.27. The van der Waals surface area contributed by atoms with Crippen LogP contribution in [0.25, 0.3) is 0 Å². The summed E-state index contributed by atoms with van der Waals surface area (Å²) in [5.74, 6) is -0.942. The van der Waals surface area contributed by atoms with Crippen molar-refractivity contribution in [2.45, 2.75) is 40.2 Å². The zero-order valence-electron chi connectivity index (χ0n) is 18.6. The molecule has 2 amide bonds. The van der Waals surface area contributed by atoms with Crippen LogP contribution in [0.3, 0.4) is 0 Å². The van der Waals surface area contributed by atoms with Gasteiger partial charge in [-0.3, -0.25) is 14.4 Å². The first-order chi connectivity index (χ1) is 15.1. The van der Waals surface area contributed by atoms with E-state index in [1.807, 2.05) is 26.8 Å². The summed E-state index contributed by atoms with van der Waals surface area (Å²) in [6.45, 7) is 6.24. The minimum atomic E-state index is -0.595. The van der Waals surface area contributed by atoms with Crippen LogP contribution < -0.4 is 5.32 Å². The van der Waals surface area contributed by atoms with Crippen LogP contribution in [0.5, 0.6) is 0 Å². The van der Waals surface area contributed by atoms with Gasteiger partial charge in [-0.25, -0.2) is 4.79 Å². The Morgan fingerprint density at radius 1 is 1.03 bits per heavy atom. The quantitative estimate of drug-likeness (QED) is 0.526. The van der Waals surface area contributed by atoms with Crippen molar-refractivity contribution >= 4 is 29.3 Å². The molecule has 2 aromatic carbocycles. The maximum Gasteiger partial charge on any atom is 0.338 e. The first-order valence-electron chi connectivity index (χ1n) is 10.6. The summed E-state index contributed by atoms with van der Waals surface area (Å²) in [4.78, 5) is 50.4. The molecule has 1 saturated heterocycles. The summed E-state index contributed by atoms with van der Waals surface area (Å²) >= 11 is 0. The lowest BCUT2D eigenvalue weighted by Gasteiger charge is -2.17. The third-order valence-corrected chi connectivity index (χ3v) is 5.19. The molecule has 0 aromatic heterocycles. The smallest absolute Gasteiger partial charge is 0.338 e. The van der Waals surface area contributed by atoms with Gasteiger partial charge < -0.3 is 15.0 Å². The van der Waals surface area contributed by atoms with Crippen molar-refractivity contribution in [3.8, 4) is 0 Å². The molecule has 0 unspecified atom stereocenters. The van der Waals surface area contributed by atoms with Gasteiger partial charge in [0.2, 0.25) is 11.8 Å². The Kier molecular flexibility index (Phi) is 7.08. The van der Waals surface area contributed by atoms with Crippen LogP contribution in [0.1, 0.15) is 59.9 Å². The molecule has 0 atom stereocenters. The van der Waals surface area contributed by atoms with Gasteiger partial charge in [0.1, 0.15) is 0 Å². The normalized spacial score (nSPS) is 13.7. The minimum absolute atomic E-state index is 0.118. The van der Waals surface area contributed by atoms with Crippen molar-refractivity contribution in [1.82, 2.24) is 4.90 Å². The molecule has 7 nitrogen and oxygen atoms in total. The molecule has 0 saturated carbocycles. The number of hydrogen-bond donors (Lipinski definition) is 1. The topological polar surface area (TPSA) is 92.8 Å². The Morgan fingerprint density at radius 2 is 1.75 bits per heavy atom. The second-order valence-electron chi connectivity index (χ2n) is 8.90. The van der Waals surface area contributed by atoms with Crippen LogP contribution in [0.4, 0.5) is 5.69 Å². The summed E-state index contributed by atoms with van der Waals surface area (Å²) in [7, 11) is 0. The third-order valence-electron chi connectivity index (χ3n) is 5.19. The standard InChI is InChI=1S/C25H28N2O5/c1-25(2,3)24(31)26-20-11-9-18(10-12-20)21(28)16-32-23(30)19-7-4-6-17(14-19)15-27-13-5-8-22(27)29/h4,6-7,9-12,14H,5,8,13,15-16H2,1-3H3,(H,26,31). The summed E-state index contributed by atoms with van der Waals surface area (Å²) in [6.07, 6.45) is 1.42. The second kappa shape index (κ2) is 9.77. The van der Waals surface area contributed by atoms with E-state index in [9.17, 15) is 19.2 Å². The van der Waals surface area contributed by atoms with Crippen molar-refractivity contribution in [3.05, 3.63) is 65.2 Å². The van der Waals surface area contributed by atoms with Gasteiger partial charge in [0.15, 0.2) is 12.4 Å². The maximum absolute atomic E-state index is 12.4. The van der Waals surface area contributed by atoms with E-state index in [0.717, 1.165) is 18.5 Å². The number of nitrogens with zero attached hydrogens (tertiary/aromatic N) is 1. The Bertz CT molecular complexity index is 1020. The highest BCUT2D eigenvalue weighted by Gasteiger charge is 2.22. The first kappa shape index (κ1) is 23.2. The van der Waals surface area contributed by atoms with E-state index in [0.29, 0.717) is 29.8 Å². The molecule has 1 N–H and O–H groups in total. The molecule has 32 heavy (non-hydrogen) atoms. The summed E-state index contributed by atoms with van der Waals surface area (Å²) in [6, 6.07) is 13.3. The average molecular weight is 437 g/mol. The van der Waals surface area contributed by atoms with E-state index in [-0.39, 0.29) is 24.2 Å². The molecule has 2 aromatic rings. The van der Waals surface area contributed by atoms with Gasteiger partial charge in [-0.1, -0.05) is 32.9 Å². The molecular weight excluding hydrogens is 408 g/mol. The number of ketones is 1. The summed E-state index contributed by atoms with van der Waals surface area (Å²) in [5.41, 5.74) is 1.63. The van der Waals surface area contributed by atoms with Gasteiger partial charge in [0.05, 0.1) is 5.56 Å². The molecule has 1 aliphatic rings. The zero-order valence-corrected chi connectivity index (χ0v) is 18.6. The lowest BCUT2D eigenvalue weighted by atomic mass is 9.95. The molecule has 1 fully saturated rings. The highest BCUT2D eigenvalue weighted by atomic mass is 16.5. The zero-order chi connectivity index (χ0) is 23.3. The molecule has 7 heteroatoms. The Hall–Kier alpha value is -3.48. The summed E-state index contributed by atoms with van der Waals surface area (Å²) in [5, 5.41) is 2.79. The highest BCUT2D eigenvalue weighted by Crippen LogP contribution is 2.18. The monoisotopic (exact) mass is 436 g/mol. The number of esters is 1. The van der Waals surface area contributed by atoms with Crippen LogP contribution in [-0.2, 0) is 20.9 Å². The van der Waals surface area contributed by atoms with E-state index in [1.165, 1.54) is 0 Å². The SMILES string of the molecule is CC(C)(C)C(=O)Nc1ccc(C(=O)COC(=O)c2cccc(CN3CCCC3=O)c2)cc1. The second-order valence-corrected chi connectivity index (χ2v) is 8.90. The Morgan fingerprint density at radius 3 is 2.38 bits per heavy atom. The number of Topliss-reactive ketones (excluding diaryl/α,β-unsaturated/α-hetero) is 1. The number of carbonyl (C=O) groups excluding carboxylic acids is 4. The third kappa shape index (κ3) is 6.03. The van der Waals surface area contributed by atoms with E-state index in [4.69, 9.17) is 4.74 Å². The van der Waals surface area contributed by atoms with Gasteiger partial charge in [-0.05, 0) is 48.4 Å². The van der Waals surface area contributed by atoms with E-state index in [1.54, 1.807) is 47.4 Å². The largest absolute Gasteiger partial charge is 0.454 e. The molecule has 1 heterocycles. The van der Waals surface area contributed by atoms with Gasteiger partial charge in [-0.15, -0.1) is 0 Å². The Labute approximate surface area is 187 Å². The first-order valence-corrected chi connectivity index (χ1v) is 10.6. The number of anilines is 1. The van der Waals surface area contributed by atoms with Crippen molar-refractivity contribution < 1.29 is 23.9 Å². The fraction of sp³-hybridized carbons (Fsp3) is 0.360. The lowest BCUT2D eigenvalue weighted by molar-refractivity contribution is -0.128. The number of amides is 2. The van der Waals surface area contributed by atoms with Crippen LogP contribution in [0.2, 0.25) is 0 Å². The van der Waals surface area contributed by atoms with Gasteiger partial charge in [0.25, 0.3) is 0 Å². The fourth-order valence-electron chi connectivity index (χ4n) is 3.24. The number of ether oxygens (including phenoxy) is 1. The fourth-order valence-corrected chi connectivity index (χ4v) is 3.24. The predicted octanol–water partition coefficient (Wildman–Crippen LogP) is 3.83. The van der Waals surface area contributed by atoms with Crippen LogP contribution in [0.15, 0.2) is 48.5 Å². The molecule has 0 bridgehead atoms. The predicted molar refractivity (Wildman–Crippen MR) is 120 cm³/mol. The molecule has 0 aliphatic carbocycles. The van der Waals surface area contributed by atoms with Crippen LogP contribution in [-0.4, -0.2) is 41.6 Å². The maximum atomic E-state index is 12.4. The van der Waals surface area contributed by atoms with E-state index < -0.39 is 11.4 Å². The summed E-state index contributed by atoms with van der Waals surface area (Å²) < 4.78 is 5.19. The van der Waals surface area contributed by atoms with Crippen molar-refractivity contribution in [2.24, 2.45) is 5.41 Å². The number of hydrogen-bond acceptors (Lipinski definition) is 5. The number of carbonyl (C=O) groups is 4. The van der Waals surface area contributed by atoms with E-state index in [2.05, 4.69) is 5.32 Å². The molecule has 168 valence electrons. The molecular formula is C25H28N2O5. The Balaban J connectivity index is 1.54. The average Bonchev–Trinajstić information content (AvgIpc) is 3.16. The van der Waals surface area contributed by atoms with Gasteiger partial charge in [-0.2, -0.15) is 0 Å². The van der Waals surface area contributed by atoms with Crippen molar-refractivity contribution in [2.75, 3.05) is 18.5 Å². The van der Waals surface area contributed by atoms with E-state index >= 15 is 0 Å². The molecule has 0 spiro atoms. The minimum Gasteiger partial charge on any atom is -0.454 e. The number of rotatable bonds is 7. The van der Waals surface area contributed by atoms with Crippen molar-refractivity contribution in [3.63, 3.8) is 0 Å². The molecule has 3 rings (SSSR count). The van der Waals surface area contributed by atoms with Gasteiger partial charge in [0, 0.05) is 36.2 Å². The van der Waals surface area contributed by atoms with Crippen molar-refractivity contribution in [1.29, 1.82) is 0 Å². The molecule has 1 aliphatic heterocycles. The number of likely N-dealkylation sites (tertiary alicyclic amines) is 1. The van der Waals surface area contributed by atoms with Gasteiger partial charge >= 0.3 is 5.97 Å². The number of nitrogens with one attached hydrogen (secondary N) is 1. The van der Waals surface area contributed by atoms with Crippen LogP contribution >= 0.6 is 0 Å². The van der Waals surface area contributed by atoms with Crippen LogP contribution in [0, 0.1) is 5.41 Å². The highest BCUT2D eigenvalue weighted by molar-refractivity contribution is 6.00.